The molecule has 1 unspecified atom stereocenters. The van der Waals surface area contributed by atoms with Gasteiger partial charge in [0, 0.05) is 5.02 Å². The van der Waals surface area contributed by atoms with Gasteiger partial charge < -0.3 is 15.2 Å². The van der Waals surface area contributed by atoms with Gasteiger partial charge >= 0.3 is 5.97 Å². The molecule has 0 aliphatic rings. The van der Waals surface area contributed by atoms with Gasteiger partial charge in [0.1, 0.15) is 0 Å². The third kappa shape index (κ3) is 3.02. The van der Waals surface area contributed by atoms with Crippen LogP contribution in [0.5, 0.6) is 5.75 Å². The molecule has 0 aliphatic heterocycles. The Morgan fingerprint density at radius 1 is 1.56 bits per heavy atom. The highest BCUT2D eigenvalue weighted by Gasteiger charge is 2.18. The van der Waals surface area contributed by atoms with Gasteiger partial charge in [-0.2, -0.15) is 0 Å². The summed E-state index contributed by atoms with van der Waals surface area (Å²) in [5, 5.41) is 0.488. The van der Waals surface area contributed by atoms with Gasteiger partial charge in [-0.1, -0.05) is 11.6 Å². The molecule has 0 amide bonds. The van der Waals surface area contributed by atoms with Gasteiger partial charge in [-0.3, -0.25) is 0 Å². The molecule has 16 heavy (non-hydrogen) atoms. The van der Waals surface area contributed by atoms with Crippen LogP contribution in [0.2, 0.25) is 5.02 Å². The fourth-order valence-electron chi connectivity index (χ4n) is 1.10. The van der Waals surface area contributed by atoms with Crippen molar-refractivity contribution in [3.8, 4) is 5.75 Å². The molecule has 0 aliphatic carbocycles. The van der Waals surface area contributed by atoms with Crippen molar-refractivity contribution < 1.29 is 14.3 Å². The van der Waals surface area contributed by atoms with Crippen LogP contribution < -0.4 is 10.5 Å². The summed E-state index contributed by atoms with van der Waals surface area (Å²) in [6.45, 7) is 1.58. The molecule has 1 atom stereocenters. The second-order valence-electron chi connectivity index (χ2n) is 3.09. The number of hydrogen-bond donors (Lipinski definition) is 1. The zero-order valence-electron chi connectivity index (χ0n) is 8.79. The summed E-state index contributed by atoms with van der Waals surface area (Å²) < 4.78 is 10.5. The van der Waals surface area contributed by atoms with Crippen LogP contribution in [0.4, 0.5) is 5.69 Å². The minimum absolute atomic E-state index is 0.357. The van der Waals surface area contributed by atoms with E-state index in [1.807, 2.05) is 0 Å². The Labute approximate surface area is 107 Å². The third-order valence-corrected chi connectivity index (χ3v) is 2.67. The maximum Gasteiger partial charge on any atom is 0.346 e. The SMILES string of the molecule is COC(=O)C(C)Oc1c(N)cc(Cl)cc1Br. The molecule has 1 aromatic rings. The first-order valence-corrected chi connectivity index (χ1v) is 5.61. The highest BCUT2D eigenvalue weighted by Crippen LogP contribution is 2.35. The largest absolute Gasteiger partial charge is 0.476 e. The topological polar surface area (TPSA) is 61.5 Å². The van der Waals surface area contributed by atoms with Crippen molar-refractivity contribution in [3.05, 3.63) is 21.6 Å². The van der Waals surface area contributed by atoms with Gasteiger partial charge in [-0.15, -0.1) is 0 Å². The predicted octanol–water partition coefficient (Wildman–Crippen LogP) is 2.62. The van der Waals surface area contributed by atoms with Crippen LogP contribution in [-0.2, 0) is 9.53 Å². The lowest BCUT2D eigenvalue weighted by Crippen LogP contribution is -2.25. The molecule has 0 bridgehead atoms. The zero-order valence-corrected chi connectivity index (χ0v) is 11.1. The fraction of sp³-hybridized carbons (Fsp3) is 0.300. The van der Waals surface area contributed by atoms with E-state index in [0.29, 0.717) is 20.9 Å². The summed E-state index contributed by atoms with van der Waals surface area (Å²) in [5.74, 6) is -0.0939. The van der Waals surface area contributed by atoms with E-state index in [1.165, 1.54) is 7.11 Å². The molecule has 0 saturated heterocycles. The summed E-state index contributed by atoms with van der Waals surface area (Å²) in [5.41, 5.74) is 6.08. The highest BCUT2D eigenvalue weighted by atomic mass is 79.9. The quantitative estimate of drug-likeness (QED) is 0.689. The maximum absolute atomic E-state index is 11.2. The zero-order chi connectivity index (χ0) is 12.3. The van der Waals surface area contributed by atoms with Crippen LogP contribution in [0.1, 0.15) is 6.92 Å². The normalized spacial score (nSPS) is 12.0. The number of anilines is 1. The lowest BCUT2D eigenvalue weighted by atomic mass is 10.3. The van der Waals surface area contributed by atoms with Crippen molar-refractivity contribution >= 4 is 39.2 Å². The first-order chi connectivity index (χ1) is 7.45. The average Bonchev–Trinajstić information content (AvgIpc) is 2.21. The van der Waals surface area contributed by atoms with Crippen LogP contribution in [0.25, 0.3) is 0 Å². The number of hydrogen-bond acceptors (Lipinski definition) is 4. The lowest BCUT2D eigenvalue weighted by Gasteiger charge is -2.15. The molecule has 4 nitrogen and oxygen atoms in total. The van der Waals surface area contributed by atoms with E-state index in [4.69, 9.17) is 22.1 Å². The maximum atomic E-state index is 11.2. The van der Waals surface area contributed by atoms with Crippen LogP contribution >= 0.6 is 27.5 Å². The lowest BCUT2D eigenvalue weighted by molar-refractivity contribution is -0.147. The van der Waals surface area contributed by atoms with E-state index in [-0.39, 0.29) is 0 Å². The minimum Gasteiger partial charge on any atom is -0.476 e. The highest BCUT2D eigenvalue weighted by molar-refractivity contribution is 9.10. The Morgan fingerprint density at radius 3 is 2.69 bits per heavy atom. The van der Waals surface area contributed by atoms with E-state index in [1.54, 1.807) is 19.1 Å². The molecule has 1 rings (SSSR count). The van der Waals surface area contributed by atoms with Gasteiger partial charge in [0.25, 0.3) is 0 Å². The van der Waals surface area contributed by atoms with E-state index >= 15 is 0 Å². The number of carbonyl (C=O) groups is 1. The number of halogens is 2. The Bertz CT molecular complexity index is 388. The number of nitrogens with two attached hydrogens (primary N) is 1. The molecule has 88 valence electrons. The predicted molar refractivity (Wildman–Crippen MR) is 65.7 cm³/mol. The van der Waals surface area contributed by atoms with Crippen molar-refractivity contribution in [1.82, 2.24) is 0 Å². The molecule has 0 radical (unpaired) electrons. The summed E-state index contributed by atoms with van der Waals surface area (Å²) in [4.78, 5) is 11.2. The number of esters is 1. The fourth-order valence-corrected chi connectivity index (χ4v) is 2.02. The molecule has 0 heterocycles. The molecular formula is C10H11BrClNO3. The van der Waals surface area contributed by atoms with Crippen LogP contribution in [0, 0.1) is 0 Å². The third-order valence-electron chi connectivity index (χ3n) is 1.86. The molecule has 1 aromatic carbocycles. The first kappa shape index (κ1) is 13.1. The molecule has 0 saturated carbocycles. The van der Waals surface area contributed by atoms with Crippen LogP contribution in [0.3, 0.4) is 0 Å². The number of rotatable bonds is 3. The van der Waals surface area contributed by atoms with Crippen molar-refractivity contribution in [1.29, 1.82) is 0 Å². The van der Waals surface area contributed by atoms with E-state index in [2.05, 4.69) is 20.7 Å². The second kappa shape index (κ2) is 5.41. The molecule has 6 heteroatoms. The summed E-state index contributed by atoms with van der Waals surface area (Å²) in [7, 11) is 1.29. The first-order valence-electron chi connectivity index (χ1n) is 4.44. The van der Waals surface area contributed by atoms with Gasteiger partial charge in [0.05, 0.1) is 17.3 Å². The smallest absolute Gasteiger partial charge is 0.346 e. The van der Waals surface area contributed by atoms with Gasteiger partial charge in [-0.25, -0.2) is 4.79 Å². The number of benzene rings is 1. The number of ether oxygens (including phenoxy) is 2. The van der Waals surface area contributed by atoms with Crippen LogP contribution in [-0.4, -0.2) is 19.2 Å². The molecule has 0 spiro atoms. The molecule has 2 N–H and O–H groups in total. The van der Waals surface area contributed by atoms with E-state index < -0.39 is 12.1 Å². The monoisotopic (exact) mass is 307 g/mol. The van der Waals surface area contributed by atoms with Crippen molar-refractivity contribution in [2.75, 3.05) is 12.8 Å². The van der Waals surface area contributed by atoms with Crippen LogP contribution in [0.15, 0.2) is 16.6 Å². The number of methoxy groups -OCH3 is 1. The summed E-state index contributed by atoms with van der Waals surface area (Å²) >= 11 is 9.05. The van der Waals surface area contributed by atoms with E-state index in [0.717, 1.165) is 0 Å². The van der Waals surface area contributed by atoms with Crippen molar-refractivity contribution in [2.24, 2.45) is 0 Å². The molecule has 0 fully saturated rings. The Hall–Kier alpha value is -0.940. The average molecular weight is 309 g/mol. The Morgan fingerprint density at radius 2 is 2.19 bits per heavy atom. The van der Waals surface area contributed by atoms with Gasteiger partial charge in [0.2, 0.25) is 0 Å². The minimum atomic E-state index is -0.732. The molecular weight excluding hydrogens is 297 g/mol. The summed E-state index contributed by atoms with van der Waals surface area (Å²) in [6.07, 6.45) is -0.732. The molecule has 0 aromatic heterocycles. The standard InChI is InChI=1S/C10H11BrClNO3/c1-5(10(14)15-2)16-9-7(11)3-6(12)4-8(9)13/h3-5H,13H2,1-2H3. The van der Waals surface area contributed by atoms with Crippen molar-refractivity contribution in [3.63, 3.8) is 0 Å². The second-order valence-corrected chi connectivity index (χ2v) is 4.38. The Balaban J connectivity index is 2.93. The van der Waals surface area contributed by atoms with Gasteiger partial charge in [0.15, 0.2) is 11.9 Å². The van der Waals surface area contributed by atoms with E-state index in [9.17, 15) is 4.79 Å². The summed E-state index contributed by atoms with van der Waals surface area (Å²) in [6, 6.07) is 3.18. The van der Waals surface area contributed by atoms with Crippen molar-refractivity contribution in [2.45, 2.75) is 13.0 Å². The Kier molecular flexibility index (Phi) is 4.44. The number of nitrogen functional groups attached to an aromatic ring is 1. The van der Waals surface area contributed by atoms with Gasteiger partial charge in [-0.05, 0) is 35.0 Å². The number of carbonyl (C=O) groups excluding carboxylic acids is 1.